The van der Waals surface area contributed by atoms with Crippen LogP contribution in [0.5, 0.6) is 0 Å². The summed E-state index contributed by atoms with van der Waals surface area (Å²) < 4.78 is 1.14. The van der Waals surface area contributed by atoms with Crippen molar-refractivity contribution in [3.05, 3.63) is 34.3 Å². The van der Waals surface area contributed by atoms with Crippen molar-refractivity contribution in [2.75, 3.05) is 59.9 Å². The first-order valence-corrected chi connectivity index (χ1v) is 10.4. The molecular formula is C20H34BrN5. The lowest BCUT2D eigenvalue weighted by Gasteiger charge is -2.33. The predicted octanol–water partition coefficient (Wildman–Crippen LogP) is 2.73. The number of hydrogen-bond donors (Lipinski definition) is 1. The molecule has 1 aliphatic heterocycles. The number of likely N-dealkylation sites (N-methyl/N-ethyl adjacent to an activating group) is 1. The highest BCUT2D eigenvalue weighted by Gasteiger charge is 2.16. The third-order valence-corrected chi connectivity index (χ3v) is 5.55. The van der Waals surface area contributed by atoms with E-state index in [1.54, 1.807) is 0 Å². The van der Waals surface area contributed by atoms with E-state index < -0.39 is 0 Å². The van der Waals surface area contributed by atoms with Crippen LogP contribution in [-0.4, -0.2) is 80.6 Å². The molecule has 1 unspecified atom stereocenters. The predicted molar refractivity (Wildman–Crippen MR) is 115 cm³/mol. The van der Waals surface area contributed by atoms with Gasteiger partial charge >= 0.3 is 0 Å². The van der Waals surface area contributed by atoms with Gasteiger partial charge in [-0.3, -0.25) is 4.99 Å². The van der Waals surface area contributed by atoms with Crippen molar-refractivity contribution >= 4 is 21.9 Å². The van der Waals surface area contributed by atoms with Crippen LogP contribution in [0.25, 0.3) is 0 Å². The second kappa shape index (κ2) is 10.9. The molecule has 1 N–H and O–H groups in total. The van der Waals surface area contributed by atoms with Crippen LogP contribution < -0.4 is 5.32 Å². The number of aliphatic imine (C=N–C) groups is 1. The van der Waals surface area contributed by atoms with Gasteiger partial charge < -0.3 is 20.0 Å². The quantitative estimate of drug-likeness (QED) is 0.539. The van der Waals surface area contributed by atoms with Gasteiger partial charge in [0.05, 0.1) is 0 Å². The third-order valence-electron chi connectivity index (χ3n) is 4.78. The fourth-order valence-electron chi connectivity index (χ4n) is 3.20. The molecule has 2 rings (SSSR count). The number of rotatable bonds is 7. The average Bonchev–Trinajstić information content (AvgIpc) is 2.62. The van der Waals surface area contributed by atoms with Crippen LogP contribution in [0.15, 0.2) is 33.7 Å². The number of piperazine rings is 1. The molecule has 1 aromatic rings. The van der Waals surface area contributed by atoms with Gasteiger partial charge in [0.15, 0.2) is 5.96 Å². The van der Waals surface area contributed by atoms with Crippen LogP contribution in [0.2, 0.25) is 0 Å². The zero-order chi connectivity index (χ0) is 18.9. The van der Waals surface area contributed by atoms with E-state index in [9.17, 15) is 0 Å². The van der Waals surface area contributed by atoms with Crippen LogP contribution in [-0.2, 0) is 6.54 Å². The van der Waals surface area contributed by atoms with E-state index in [-0.39, 0.29) is 0 Å². The maximum atomic E-state index is 4.90. The molecule has 1 aliphatic rings. The molecule has 0 spiro atoms. The molecule has 0 bridgehead atoms. The molecule has 1 fully saturated rings. The lowest BCUT2D eigenvalue weighted by molar-refractivity contribution is 0.140. The molecule has 0 aromatic heterocycles. The molecule has 1 atom stereocenters. The highest BCUT2D eigenvalue weighted by molar-refractivity contribution is 9.10. The number of guanidine groups is 1. The van der Waals surface area contributed by atoms with E-state index in [1.165, 1.54) is 31.7 Å². The van der Waals surface area contributed by atoms with Crippen molar-refractivity contribution < 1.29 is 0 Å². The molecular weight excluding hydrogens is 390 g/mol. The Kier molecular flexibility index (Phi) is 8.88. The van der Waals surface area contributed by atoms with E-state index >= 15 is 0 Å². The van der Waals surface area contributed by atoms with Crippen LogP contribution in [0.1, 0.15) is 19.4 Å². The van der Waals surface area contributed by atoms with Gasteiger partial charge in [-0.1, -0.05) is 41.1 Å². The highest BCUT2D eigenvalue weighted by atomic mass is 79.9. The molecule has 0 radical (unpaired) electrons. The average molecular weight is 424 g/mol. The van der Waals surface area contributed by atoms with Crippen molar-refractivity contribution in [3.63, 3.8) is 0 Å². The smallest absolute Gasteiger partial charge is 0.193 e. The first-order valence-electron chi connectivity index (χ1n) is 9.63. The van der Waals surface area contributed by atoms with Crippen molar-refractivity contribution in [2.24, 2.45) is 10.9 Å². The summed E-state index contributed by atoms with van der Waals surface area (Å²) in [6.07, 6.45) is 0. The van der Waals surface area contributed by atoms with Gasteiger partial charge in [0, 0.05) is 63.9 Å². The van der Waals surface area contributed by atoms with Gasteiger partial charge in [0.1, 0.15) is 0 Å². The molecule has 5 nitrogen and oxygen atoms in total. The SMILES string of the molecule is CCNC(=NCC(C)CN1CCN(C)CC1)N(C)Cc1ccccc1Br. The van der Waals surface area contributed by atoms with Crippen molar-refractivity contribution in [3.8, 4) is 0 Å². The molecule has 0 aliphatic carbocycles. The Hall–Kier alpha value is -1.11. The molecule has 0 saturated carbocycles. The molecule has 26 heavy (non-hydrogen) atoms. The number of benzene rings is 1. The van der Waals surface area contributed by atoms with Gasteiger partial charge in [-0.25, -0.2) is 0 Å². The van der Waals surface area contributed by atoms with E-state index in [0.29, 0.717) is 5.92 Å². The van der Waals surface area contributed by atoms with Gasteiger partial charge in [-0.15, -0.1) is 0 Å². The van der Waals surface area contributed by atoms with Gasteiger partial charge in [0.25, 0.3) is 0 Å². The lowest BCUT2D eigenvalue weighted by Crippen LogP contribution is -2.46. The summed E-state index contributed by atoms with van der Waals surface area (Å²) in [5.74, 6) is 1.54. The minimum absolute atomic E-state index is 0.559. The summed E-state index contributed by atoms with van der Waals surface area (Å²) in [5, 5.41) is 3.43. The molecule has 0 amide bonds. The Bertz CT molecular complexity index is 569. The summed E-state index contributed by atoms with van der Waals surface area (Å²) in [6, 6.07) is 8.37. The summed E-state index contributed by atoms with van der Waals surface area (Å²) in [7, 11) is 4.31. The second-order valence-corrected chi connectivity index (χ2v) is 8.21. The number of nitrogens with zero attached hydrogens (tertiary/aromatic N) is 4. The zero-order valence-electron chi connectivity index (χ0n) is 16.7. The normalized spacial score (nSPS) is 18.0. The second-order valence-electron chi connectivity index (χ2n) is 7.35. The minimum atomic E-state index is 0.559. The largest absolute Gasteiger partial charge is 0.357 e. The zero-order valence-corrected chi connectivity index (χ0v) is 18.3. The van der Waals surface area contributed by atoms with Crippen molar-refractivity contribution in [1.82, 2.24) is 20.0 Å². The maximum Gasteiger partial charge on any atom is 0.193 e. The Labute approximate surface area is 167 Å². The van der Waals surface area contributed by atoms with Crippen molar-refractivity contribution in [2.45, 2.75) is 20.4 Å². The number of nitrogens with one attached hydrogen (secondary N) is 1. The van der Waals surface area contributed by atoms with Gasteiger partial charge in [-0.2, -0.15) is 0 Å². The third kappa shape index (κ3) is 6.89. The van der Waals surface area contributed by atoms with Crippen LogP contribution in [0.4, 0.5) is 0 Å². The molecule has 6 heteroatoms. The fourth-order valence-corrected chi connectivity index (χ4v) is 3.61. The summed E-state index contributed by atoms with van der Waals surface area (Å²) in [5.41, 5.74) is 1.27. The Balaban J connectivity index is 1.89. The summed E-state index contributed by atoms with van der Waals surface area (Å²) in [6.45, 7) is 12.8. The minimum Gasteiger partial charge on any atom is -0.357 e. The Morgan fingerprint density at radius 2 is 1.96 bits per heavy atom. The Morgan fingerprint density at radius 3 is 2.62 bits per heavy atom. The molecule has 1 heterocycles. The number of hydrogen-bond acceptors (Lipinski definition) is 3. The molecule has 146 valence electrons. The van der Waals surface area contributed by atoms with Crippen molar-refractivity contribution in [1.29, 1.82) is 0 Å². The van der Waals surface area contributed by atoms with Crippen LogP contribution >= 0.6 is 15.9 Å². The molecule has 1 aromatic carbocycles. The summed E-state index contributed by atoms with van der Waals surface area (Å²) in [4.78, 5) is 12.1. The van der Waals surface area contributed by atoms with E-state index in [4.69, 9.17) is 4.99 Å². The van der Waals surface area contributed by atoms with Gasteiger partial charge in [0.2, 0.25) is 0 Å². The van der Waals surface area contributed by atoms with E-state index in [1.807, 2.05) is 6.07 Å². The Morgan fingerprint density at radius 1 is 1.27 bits per heavy atom. The standard InChI is InChI=1S/C20H34BrN5/c1-5-22-20(25(4)16-18-8-6-7-9-19(18)21)23-14-17(2)15-26-12-10-24(3)11-13-26/h6-9,17H,5,10-16H2,1-4H3,(H,22,23). The fraction of sp³-hybridized carbons (Fsp3) is 0.650. The summed E-state index contributed by atoms with van der Waals surface area (Å²) >= 11 is 3.64. The molecule has 1 saturated heterocycles. The topological polar surface area (TPSA) is 34.1 Å². The first-order chi connectivity index (χ1) is 12.5. The first kappa shape index (κ1) is 21.2. The lowest BCUT2D eigenvalue weighted by atomic mass is 10.1. The number of halogens is 1. The monoisotopic (exact) mass is 423 g/mol. The van der Waals surface area contributed by atoms with Crippen LogP contribution in [0, 0.1) is 5.92 Å². The highest BCUT2D eigenvalue weighted by Crippen LogP contribution is 2.17. The van der Waals surface area contributed by atoms with Crippen LogP contribution in [0.3, 0.4) is 0 Å². The van der Waals surface area contributed by atoms with E-state index in [0.717, 1.165) is 36.6 Å². The van der Waals surface area contributed by atoms with E-state index in [2.05, 4.69) is 82.1 Å². The maximum absolute atomic E-state index is 4.90. The van der Waals surface area contributed by atoms with Gasteiger partial charge in [-0.05, 0) is 31.5 Å².